The maximum Gasteiger partial charge on any atom is 0.278 e. The molecule has 86 valence electrons. The van der Waals surface area contributed by atoms with Crippen molar-refractivity contribution < 1.29 is 4.79 Å². The van der Waals surface area contributed by atoms with Gasteiger partial charge < -0.3 is 0 Å². The Morgan fingerprint density at radius 2 is 2.12 bits per heavy atom. The van der Waals surface area contributed by atoms with Crippen LogP contribution in [0.3, 0.4) is 0 Å². The number of rotatable bonds is 1. The first kappa shape index (κ1) is 10.6. The fourth-order valence-electron chi connectivity index (χ4n) is 1.93. The third kappa shape index (κ3) is 2.00. The van der Waals surface area contributed by atoms with E-state index in [1.165, 1.54) is 0 Å². The number of benzene rings is 1. The van der Waals surface area contributed by atoms with Crippen molar-refractivity contribution in [1.82, 2.24) is 4.90 Å². The Labute approximate surface area is 104 Å². The monoisotopic (exact) mass is 244 g/mol. The summed E-state index contributed by atoms with van der Waals surface area (Å²) in [6.07, 6.45) is 2.91. The summed E-state index contributed by atoms with van der Waals surface area (Å²) >= 11 is 1.67. The molecule has 0 aromatic heterocycles. The van der Waals surface area contributed by atoms with E-state index in [0.717, 1.165) is 29.4 Å². The molecule has 0 N–H and O–H groups in total. The van der Waals surface area contributed by atoms with Crippen molar-refractivity contribution in [2.45, 2.75) is 6.42 Å². The first-order chi connectivity index (χ1) is 8.34. The van der Waals surface area contributed by atoms with Gasteiger partial charge in [0, 0.05) is 12.3 Å². The number of carbonyl (C=O) groups is 1. The first-order valence-corrected chi connectivity index (χ1v) is 6.63. The smallest absolute Gasteiger partial charge is 0.278 e. The van der Waals surface area contributed by atoms with Crippen LogP contribution >= 0.6 is 11.8 Å². The summed E-state index contributed by atoms with van der Waals surface area (Å²) in [6.45, 7) is 0.802. The van der Waals surface area contributed by atoms with Gasteiger partial charge in [-0.25, -0.2) is 4.99 Å². The number of aliphatic imine (C=N–C) groups is 1. The van der Waals surface area contributed by atoms with Crippen LogP contribution in [0.4, 0.5) is 0 Å². The molecule has 0 aliphatic carbocycles. The molecule has 0 atom stereocenters. The molecular weight excluding hydrogens is 232 g/mol. The Morgan fingerprint density at radius 1 is 1.29 bits per heavy atom. The quantitative estimate of drug-likeness (QED) is 0.710. The highest BCUT2D eigenvalue weighted by Crippen LogP contribution is 2.27. The summed E-state index contributed by atoms with van der Waals surface area (Å²) in [7, 11) is 0. The molecule has 0 spiro atoms. The third-order valence-corrected chi connectivity index (χ3v) is 3.83. The fraction of sp³-hybridized carbons (Fsp3) is 0.231. The van der Waals surface area contributed by atoms with Gasteiger partial charge in [-0.3, -0.25) is 9.69 Å². The van der Waals surface area contributed by atoms with Crippen LogP contribution in [-0.4, -0.2) is 28.3 Å². The number of thioether (sulfide) groups is 1. The minimum atomic E-state index is 0.0380. The zero-order valence-corrected chi connectivity index (χ0v) is 10.1. The average molecular weight is 244 g/mol. The molecule has 0 bridgehead atoms. The lowest BCUT2D eigenvalue weighted by atomic mass is 10.2. The highest BCUT2D eigenvalue weighted by atomic mass is 32.2. The lowest BCUT2D eigenvalue weighted by molar-refractivity contribution is -0.122. The van der Waals surface area contributed by atoms with Crippen molar-refractivity contribution in [2.24, 2.45) is 4.99 Å². The predicted octanol–water partition coefficient (Wildman–Crippen LogP) is 2.36. The second-order valence-corrected chi connectivity index (χ2v) is 5.06. The van der Waals surface area contributed by atoms with Crippen LogP contribution in [0.1, 0.15) is 12.0 Å². The topological polar surface area (TPSA) is 32.7 Å². The Kier molecular flexibility index (Phi) is 2.73. The van der Waals surface area contributed by atoms with Crippen LogP contribution in [0.25, 0.3) is 6.08 Å². The van der Waals surface area contributed by atoms with E-state index in [1.54, 1.807) is 16.7 Å². The molecule has 1 aromatic rings. The van der Waals surface area contributed by atoms with E-state index in [2.05, 4.69) is 4.99 Å². The zero-order valence-electron chi connectivity index (χ0n) is 9.30. The maximum atomic E-state index is 12.1. The van der Waals surface area contributed by atoms with Crippen molar-refractivity contribution in [3.63, 3.8) is 0 Å². The maximum absolute atomic E-state index is 12.1. The molecule has 0 unspecified atom stereocenters. The molecular formula is C13H12N2OS. The first-order valence-electron chi connectivity index (χ1n) is 5.65. The van der Waals surface area contributed by atoms with E-state index in [-0.39, 0.29) is 5.91 Å². The number of amides is 1. The molecule has 1 fully saturated rings. The molecule has 0 saturated carbocycles. The predicted molar refractivity (Wildman–Crippen MR) is 70.6 cm³/mol. The summed E-state index contributed by atoms with van der Waals surface area (Å²) in [6, 6.07) is 9.83. The van der Waals surface area contributed by atoms with Crippen LogP contribution in [0.15, 0.2) is 41.0 Å². The van der Waals surface area contributed by atoms with Gasteiger partial charge >= 0.3 is 0 Å². The second-order valence-electron chi connectivity index (χ2n) is 3.99. The molecule has 0 radical (unpaired) electrons. The average Bonchev–Trinajstić information content (AvgIpc) is 2.68. The summed E-state index contributed by atoms with van der Waals surface area (Å²) in [5, 5.41) is 0.864. The number of fused-ring (bicyclic) bond motifs is 1. The van der Waals surface area contributed by atoms with Crippen LogP contribution < -0.4 is 0 Å². The second kappa shape index (κ2) is 4.37. The lowest BCUT2D eigenvalue weighted by Crippen LogP contribution is -2.34. The largest absolute Gasteiger partial charge is 0.286 e. The Hall–Kier alpha value is -1.55. The third-order valence-electron chi connectivity index (χ3n) is 2.77. The van der Waals surface area contributed by atoms with Gasteiger partial charge in [-0.2, -0.15) is 0 Å². The van der Waals surface area contributed by atoms with Crippen LogP contribution in [0.5, 0.6) is 0 Å². The summed E-state index contributed by atoms with van der Waals surface area (Å²) < 4.78 is 0. The van der Waals surface area contributed by atoms with Crippen LogP contribution in [-0.2, 0) is 4.79 Å². The number of carbonyl (C=O) groups excluding carboxylic acids is 1. The van der Waals surface area contributed by atoms with E-state index in [9.17, 15) is 4.79 Å². The highest BCUT2D eigenvalue weighted by Gasteiger charge is 2.32. The van der Waals surface area contributed by atoms with Gasteiger partial charge in [0.25, 0.3) is 5.91 Å². The fourth-order valence-corrected chi connectivity index (χ4v) is 2.88. The van der Waals surface area contributed by atoms with E-state index >= 15 is 0 Å². The molecule has 1 aromatic carbocycles. The summed E-state index contributed by atoms with van der Waals surface area (Å²) in [5.74, 6) is 1.09. The molecule has 1 amide bonds. The van der Waals surface area contributed by atoms with E-state index in [0.29, 0.717) is 5.70 Å². The van der Waals surface area contributed by atoms with Crippen molar-refractivity contribution in [3.05, 3.63) is 41.6 Å². The van der Waals surface area contributed by atoms with E-state index in [1.807, 2.05) is 36.4 Å². The summed E-state index contributed by atoms with van der Waals surface area (Å²) in [5.41, 5.74) is 1.57. The lowest BCUT2D eigenvalue weighted by Gasteiger charge is -2.21. The van der Waals surface area contributed by atoms with Crippen molar-refractivity contribution in [1.29, 1.82) is 0 Å². The SMILES string of the molecule is O=C1C(=Cc2ccccc2)N=C2SCCCN12. The normalized spacial score (nSPS) is 21.6. The van der Waals surface area contributed by atoms with Crippen molar-refractivity contribution in [2.75, 3.05) is 12.3 Å². The molecule has 3 nitrogen and oxygen atoms in total. The minimum absolute atomic E-state index is 0.0380. The van der Waals surface area contributed by atoms with Crippen molar-refractivity contribution >= 4 is 28.9 Å². The van der Waals surface area contributed by atoms with Gasteiger partial charge in [-0.1, -0.05) is 42.1 Å². The van der Waals surface area contributed by atoms with Gasteiger partial charge in [0.05, 0.1) is 0 Å². The standard InChI is InChI=1S/C13H12N2OS/c16-12-11(9-10-5-2-1-3-6-10)14-13-15(12)7-4-8-17-13/h1-3,5-6,9H,4,7-8H2. The van der Waals surface area contributed by atoms with Gasteiger partial charge in [0.2, 0.25) is 0 Å². The van der Waals surface area contributed by atoms with E-state index < -0.39 is 0 Å². The number of amidine groups is 1. The van der Waals surface area contributed by atoms with E-state index in [4.69, 9.17) is 0 Å². The van der Waals surface area contributed by atoms with Gasteiger partial charge in [0.15, 0.2) is 5.17 Å². The van der Waals surface area contributed by atoms with Gasteiger partial charge in [-0.15, -0.1) is 0 Å². The Balaban J connectivity index is 1.92. The Bertz CT molecular complexity index is 507. The van der Waals surface area contributed by atoms with Crippen LogP contribution in [0.2, 0.25) is 0 Å². The molecule has 2 aliphatic rings. The van der Waals surface area contributed by atoms with Gasteiger partial charge in [0.1, 0.15) is 5.70 Å². The molecule has 3 rings (SSSR count). The zero-order chi connectivity index (χ0) is 11.7. The highest BCUT2D eigenvalue weighted by molar-refractivity contribution is 8.13. The molecule has 1 saturated heterocycles. The van der Waals surface area contributed by atoms with Crippen LogP contribution in [0, 0.1) is 0 Å². The molecule has 4 heteroatoms. The number of hydrogen-bond acceptors (Lipinski definition) is 3. The van der Waals surface area contributed by atoms with Crippen molar-refractivity contribution in [3.8, 4) is 0 Å². The number of nitrogens with zero attached hydrogens (tertiary/aromatic N) is 2. The number of hydrogen-bond donors (Lipinski definition) is 0. The molecule has 17 heavy (non-hydrogen) atoms. The summed E-state index contributed by atoms with van der Waals surface area (Å²) in [4.78, 5) is 18.3. The Morgan fingerprint density at radius 3 is 2.88 bits per heavy atom. The molecule has 2 aliphatic heterocycles. The molecule has 2 heterocycles. The van der Waals surface area contributed by atoms with Gasteiger partial charge in [-0.05, 0) is 18.1 Å². The minimum Gasteiger partial charge on any atom is -0.286 e.